The van der Waals surface area contributed by atoms with Gasteiger partial charge in [0.25, 0.3) is 0 Å². The molecule has 0 unspecified atom stereocenters. The molecule has 3 aromatic carbocycles. The van der Waals surface area contributed by atoms with Gasteiger partial charge in [0.2, 0.25) is 16.9 Å². The lowest BCUT2D eigenvalue weighted by molar-refractivity contribution is -0.595. The predicted molar refractivity (Wildman–Crippen MR) is 113 cm³/mol. The summed E-state index contributed by atoms with van der Waals surface area (Å²) in [6.07, 6.45) is 0. The predicted octanol–water partition coefficient (Wildman–Crippen LogP) is 2.46. The van der Waals surface area contributed by atoms with Gasteiger partial charge in [0.15, 0.2) is 4.88 Å². The fourth-order valence-electron chi connectivity index (χ4n) is 3.39. The number of ether oxygens (including phenoxy) is 1. The van der Waals surface area contributed by atoms with Gasteiger partial charge in [-0.05, 0) is 23.3 Å². The van der Waals surface area contributed by atoms with Crippen molar-refractivity contribution in [3.05, 3.63) is 94.9 Å². The molecule has 5 heteroatoms. The number of hydrogen-bond acceptors (Lipinski definition) is 3. The van der Waals surface area contributed by atoms with Crippen molar-refractivity contribution in [2.24, 2.45) is 0 Å². The summed E-state index contributed by atoms with van der Waals surface area (Å²) < 4.78 is 7.05. The van der Waals surface area contributed by atoms with E-state index in [-0.39, 0.29) is 18.4 Å². The Morgan fingerprint density at radius 1 is 0.828 bits per heavy atom. The Morgan fingerprint density at radius 2 is 1.34 bits per heavy atom. The number of methoxy groups -OCH3 is 1. The summed E-state index contributed by atoms with van der Waals surface area (Å²) in [5, 5.41) is 0. The molecule has 0 aliphatic rings. The lowest BCUT2D eigenvalue weighted by Gasteiger charge is -2.11. The van der Waals surface area contributed by atoms with Crippen LogP contribution in [0.5, 0.6) is 0 Å². The quantitative estimate of drug-likeness (QED) is 0.374. The van der Waals surface area contributed by atoms with Crippen LogP contribution < -0.4 is 17.0 Å². The van der Waals surface area contributed by atoms with Gasteiger partial charge in [-0.3, -0.25) is 0 Å². The molecule has 0 bridgehead atoms. The van der Waals surface area contributed by atoms with E-state index in [2.05, 4.69) is 47.0 Å². The highest BCUT2D eigenvalue weighted by atomic mass is 35.5. The van der Waals surface area contributed by atoms with Crippen LogP contribution in [0.15, 0.2) is 84.4 Å². The van der Waals surface area contributed by atoms with Crippen LogP contribution in [0.2, 0.25) is 0 Å². The van der Waals surface area contributed by atoms with Gasteiger partial charge in [0.1, 0.15) is 0 Å². The van der Waals surface area contributed by atoms with Gasteiger partial charge in [0.05, 0.1) is 18.2 Å². The fraction of sp³-hybridized carbons (Fsp3) is 0.0833. The second-order valence-electron chi connectivity index (χ2n) is 6.43. The topological polar surface area (TPSA) is 30.2 Å². The monoisotopic (exact) mass is 421 g/mol. The summed E-state index contributed by atoms with van der Waals surface area (Å²) in [5.41, 5.74) is 8.41. The highest BCUT2D eigenvalue weighted by Crippen LogP contribution is 2.33. The molecule has 3 nitrogen and oxygen atoms in total. The SMILES string of the molecule is COC(=O)c1sc[n+](-c2c(-c3ccccc3)cccc2-c2ccccc2)c1C.[Cl-]. The Morgan fingerprint density at radius 3 is 1.83 bits per heavy atom. The van der Waals surface area contributed by atoms with E-state index in [0.29, 0.717) is 4.88 Å². The van der Waals surface area contributed by atoms with Crippen LogP contribution in [0.25, 0.3) is 27.9 Å². The third-order valence-corrected chi connectivity index (χ3v) is 5.80. The molecule has 0 N–H and O–H groups in total. The number of hydrogen-bond donors (Lipinski definition) is 0. The van der Waals surface area contributed by atoms with Crippen molar-refractivity contribution < 1.29 is 26.5 Å². The molecule has 1 aromatic heterocycles. The van der Waals surface area contributed by atoms with Gasteiger partial charge in [0, 0.05) is 6.92 Å². The summed E-state index contributed by atoms with van der Waals surface area (Å²) in [7, 11) is 1.42. The Balaban J connectivity index is 0.00000240. The van der Waals surface area contributed by atoms with E-state index in [1.807, 2.05) is 48.8 Å². The first-order valence-corrected chi connectivity index (χ1v) is 9.91. The maximum atomic E-state index is 12.2. The molecular weight excluding hydrogens is 402 g/mol. The highest BCUT2D eigenvalue weighted by Gasteiger charge is 2.28. The molecule has 0 spiro atoms. The van der Waals surface area contributed by atoms with Crippen molar-refractivity contribution >= 4 is 17.3 Å². The number of nitrogens with zero attached hydrogens (tertiary/aromatic N) is 1. The van der Waals surface area contributed by atoms with E-state index < -0.39 is 0 Å². The number of para-hydroxylation sites is 1. The van der Waals surface area contributed by atoms with E-state index in [1.54, 1.807) is 0 Å². The smallest absolute Gasteiger partial charge is 0.354 e. The largest absolute Gasteiger partial charge is 1.00 e. The summed E-state index contributed by atoms with van der Waals surface area (Å²) in [6, 6.07) is 27.0. The number of halogens is 1. The van der Waals surface area contributed by atoms with E-state index in [0.717, 1.165) is 33.6 Å². The molecule has 0 saturated carbocycles. The first-order valence-electron chi connectivity index (χ1n) is 9.03. The van der Waals surface area contributed by atoms with Crippen LogP contribution in [0.1, 0.15) is 15.4 Å². The third-order valence-electron chi connectivity index (χ3n) is 4.78. The standard InChI is InChI=1S/C24H20NO2S.ClH/c1-17-23(24(26)27-2)28-16-25(17)22-20(18-10-5-3-6-11-18)14-9-15-21(22)19-12-7-4-8-13-19;/h3-16H,1-2H3;1H/q+1;/p-1. The van der Waals surface area contributed by atoms with Crippen molar-refractivity contribution in [3.63, 3.8) is 0 Å². The molecule has 0 saturated heterocycles. The number of aromatic nitrogens is 1. The molecule has 4 aromatic rings. The summed E-state index contributed by atoms with van der Waals surface area (Å²) in [5.74, 6) is -0.306. The number of benzene rings is 3. The average Bonchev–Trinajstić information content (AvgIpc) is 3.15. The zero-order valence-corrected chi connectivity index (χ0v) is 17.7. The van der Waals surface area contributed by atoms with Crippen molar-refractivity contribution in [2.45, 2.75) is 6.92 Å². The Kier molecular flexibility index (Phi) is 6.47. The minimum atomic E-state index is -0.306. The maximum Gasteiger partial charge on any atom is 0.354 e. The van der Waals surface area contributed by atoms with Crippen LogP contribution >= 0.6 is 11.3 Å². The fourth-order valence-corrected chi connectivity index (χ4v) is 4.32. The second-order valence-corrected chi connectivity index (χ2v) is 7.29. The highest BCUT2D eigenvalue weighted by molar-refractivity contribution is 7.11. The average molecular weight is 422 g/mol. The Bertz CT molecular complexity index is 1070. The van der Waals surface area contributed by atoms with Crippen molar-refractivity contribution in [2.75, 3.05) is 7.11 Å². The van der Waals surface area contributed by atoms with E-state index in [1.165, 1.54) is 18.4 Å². The molecule has 146 valence electrons. The number of carbonyl (C=O) groups excluding carboxylic acids is 1. The van der Waals surface area contributed by atoms with Crippen molar-refractivity contribution in [3.8, 4) is 27.9 Å². The van der Waals surface area contributed by atoms with Gasteiger partial charge in [-0.1, -0.05) is 78.1 Å². The summed E-state index contributed by atoms with van der Waals surface area (Å²) in [4.78, 5) is 12.8. The van der Waals surface area contributed by atoms with Gasteiger partial charge in [-0.25, -0.2) is 4.79 Å². The van der Waals surface area contributed by atoms with E-state index >= 15 is 0 Å². The first-order chi connectivity index (χ1) is 13.7. The zero-order valence-electron chi connectivity index (χ0n) is 16.1. The third kappa shape index (κ3) is 3.95. The normalized spacial score (nSPS) is 10.3. The Hall–Kier alpha value is -2.95. The van der Waals surface area contributed by atoms with Crippen LogP contribution in [0, 0.1) is 6.92 Å². The lowest BCUT2D eigenvalue weighted by atomic mass is 9.95. The van der Waals surface area contributed by atoms with Gasteiger partial charge >= 0.3 is 5.97 Å². The van der Waals surface area contributed by atoms with Gasteiger partial charge < -0.3 is 17.1 Å². The second kappa shape index (κ2) is 9.03. The van der Waals surface area contributed by atoms with E-state index in [4.69, 9.17) is 4.74 Å². The van der Waals surface area contributed by atoms with Gasteiger partial charge in [-0.2, -0.15) is 4.57 Å². The molecule has 0 radical (unpaired) electrons. The minimum Gasteiger partial charge on any atom is -1.00 e. The summed E-state index contributed by atoms with van der Waals surface area (Å²) >= 11 is 1.40. The zero-order chi connectivity index (χ0) is 19.5. The van der Waals surface area contributed by atoms with Gasteiger partial charge in [-0.15, -0.1) is 0 Å². The maximum absolute atomic E-state index is 12.2. The van der Waals surface area contributed by atoms with Crippen LogP contribution in [-0.4, -0.2) is 13.1 Å². The van der Waals surface area contributed by atoms with Crippen molar-refractivity contribution in [1.82, 2.24) is 0 Å². The minimum absolute atomic E-state index is 0. The van der Waals surface area contributed by atoms with Crippen LogP contribution in [-0.2, 0) is 4.74 Å². The van der Waals surface area contributed by atoms with Crippen LogP contribution in [0.3, 0.4) is 0 Å². The van der Waals surface area contributed by atoms with Crippen LogP contribution in [0.4, 0.5) is 0 Å². The Labute approximate surface area is 180 Å². The molecule has 0 atom stereocenters. The summed E-state index contributed by atoms with van der Waals surface area (Å²) in [6.45, 7) is 1.96. The first kappa shape index (κ1) is 20.8. The molecule has 1 heterocycles. The lowest BCUT2D eigenvalue weighted by Crippen LogP contribution is -3.00. The molecule has 0 amide bonds. The number of rotatable bonds is 4. The number of thiazole rings is 1. The molecule has 0 aliphatic heterocycles. The molecular formula is C24H20ClNO2S. The molecule has 4 rings (SSSR count). The molecule has 0 fully saturated rings. The van der Waals surface area contributed by atoms with E-state index in [9.17, 15) is 4.79 Å². The number of esters is 1. The molecule has 29 heavy (non-hydrogen) atoms. The molecule has 0 aliphatic carbocycles. The number of carbonyl (C=O) groups is 1. The van der Waals surface area contributed by atoms with Crippen molar-refractivity contribution in [1.29, 1.82) is 0 Å².